The van der Waals surface area contributed by atoms with Crippen LogP contribution in [0.15, 0.2) is 47.7 Å². The minimum absolute atomic E-state index is 0.00400. The second-order valence-corrected chi connectivity index (χ2v) is 6.99. The van der Waals surface area contributed by atoms with Crippen LogP contribution in [-0.2, 0) is 6.54 Å². The van der Waals surface area contributed by atoms with Gasteiger partial charge in [0.05, 0.1) is 24.0 Å². The fourth-order valence-corrected chi connectivity index (χ4v) is 3.02. The molecule has 0 fully saturated rings. The maximum Gasteiger partial charge on any atom is 0.416 e. The lowest BCUT2D eigenvalue weighted by atomic mass is 10.1. The average Bonchev–Trinajstić information content (AvgIpc) is 2.73. The van der Waals surface area contributed by atoms with Crippen molar-refractivity contribution >= 4 is 34.3 Å². The molecule has 0 amide bonds. The van der Waals surface area contributed by atoms with Crippen LogP contribution in [0.5, 0.6) is 0 Å². The molecule has 1 aromatic carbocycles. The number of pyridine rings is 1. The SMILES string of the molecule is CN/C=C(\C=N)c1nc(-c2ccc(Cl)cc2)cc2c(=O)n(CC(O)C(F)(F)F)cnc12. The number of hydrogen-bond donors (Lipinski definition) is 3. The smallest absolute Gasteiger partial charge is 0.393 e. The molecule has 3 N–H and O–H groups in total. The van der Waals surface area contributed by atoms with E-state index >= 15 is 0 Å². The lowest BCUT2D eigenvalue weighted by molar-refractivity contribution is -0.207. The van der Waals surface area contributed by atoms with Gasteiger partial charge in [0.15, 0.2) is 6.10 Å². The summed E-state index contributed by atoms with van der Waals surface area (Å²) in [6.07, 6.45) is -4.17. The van der Waals surface area contributed by atoms with Crippen molar-refractivity contribution in [2.75, 3.05) is 7.05 Å². The molecule has 2 heterocycles. The summed E-state index contributed by atoms with van der Waals surface area (Å²) in [7, 11) is 1.62. The van der Waals surface area contributed by atoms with E-state index in [1.54, 1.807) is 31.3 Å². The summed E-state index contributed by atoms with van der Waals surface area (Å²) in [6.45, 7) is -0.997. The first kappa shape index (κ1) is 22.4. The van der Waals surface area contributed by atoms with Crippen molar-refractivity contribution in [3.8, 4) is 11.3 Å². The first-order valence-corrected chi connectivity index (χ1v) is 9.32. The molecule has 0 aliphatic carbocycles. The molecule has 31 heavy (non-hydrogen) atoms. The van der Waals surface area contributed by atoms with Crippen LogP contribution in [-0.4, -0.2) is 45.2 Å². The second-order valence-electron chi connectivity index (χ2n) is 6.55. The Labute approximate surface area is 179 Å². The maximum absolute atomic E-state index is 13.0. The molecule has 2 aromatic heterocycles. The largest absolute Gasteiger partial charge is 0.416 e. The number of fused-ring (bicyclic) bond motifs is 1. The van der Waals surface area contributed by atoms with E-state index < -0.39 is 24.4 Å². The molecule has 3 aromatic rings. The third-order valence-corrected chi connectivity index (χ3v) is 4.68. The van der Waals surface area contributed by atoms with Crippen LogP contribution in [0.25, 0.3) is 27.7 Å². The zero-order valence-electron chi connectivity index (χ0n) is 16.1. The van der Waals surface area contributed by atoms with Crippen molar-refractivity contribution in [2.24, 2.45) is 0 Å². The summed E-state index contributed by atoms with van der Waals surface area (Å²) in [5.74, 6) is 0. The van der Waals surface area contributed by atoms with E-state index in [1.165, 1.54) is 12.3 Å². The minimum Gasteiger partial charge on any atom is -0.393 e. The van der Waals surface area contributed by atoms with Gasteiger partial charge in [0.2, 0.25) is 0 Å². The second kappa shape index (κ2) is 8.86. The standard InChI is InChI=1S/C20H17ClF3N5O2/c1-26-8-12(7-25)17-18-14(6-15(28-17)11-2-4-13(21)5-3-11)19(31)29(10-27-18)9-16(30)20(22,23)24/h2-8,10,16,25-26,30H,9H2,1H3/b12-8+,25-7?. The van der Waals surface area contributed by atoms with Crippen LogP contribution in [0.1, 0.15) is 5.69 Å². The molecule has 3 rings (SSSR count). The summed E-state index contributed by atoms with van der Waals surface area (Å²) >= 11 is 5.92. The highest BCUT2D eigenvalue weighted by Gasteiger charge is 2.38. The predicted molar refractivity (Wildman–Crippen MR) is 112 cm³/mol. The molecule has 0 radical (unpaired) electrons. The Morgan fingerprint density at radius 1 is 1.35 bits per heavy atom. The highest BCUT2D eigenvalue weighted by atomic mass is 35.5. The fourth-order valence-electron chi connectivity index (χ4n) is 2.89. The van der Waals surface area contributed by atoms with E-state index in [9.17, 15) is 23.1 Å². The zero-order chi connectivity index (χ0) is 22.8. The van der Waals surface area contributed by atoms with E-state index in [0.717, 1.165) is 12.5 Å². The summed E-state index contributed by atoms with van der Waals surface area (Å²) in [5, 5.41) is 20.3. The van der Waals surface area contributed by atoms with E-state index in [1.807, 2.05) is 0 Å². The topological polar surface area (TPSA) is 104 Å². The molecule has 0 aliphatic rings. The van der Waals surface area contributed by atoms with Gasteiger partial charge < -0.3 is 15.8 Å². The van der Waals surface area contributed by atoms with Gasteiger partial charge in [0.25, 0.3) is 5.56 Å². The molecule has 11 heteroatoms. The third-order valence-electron chi connectivity index (χ3n) is 4.43. The van der Waals surface area contributed by atoms with E-state index in [-0.39, 0.29) is 16.6 Å². The highest BCUT2D eigenvalue weighted by Crippen LogP contribution is 2.27. The number of nitrogens with one attached hydrogen (secondary N) is 2. The van der Waals surface area contributed by atoms with Crippen molar-refractivity contribution in [1.29, 1.82) is 5.41 Å². The lowest BCUT2D eigenvalue weighted by Crippen LogP contribution is -2.36. The molecule has 0 aliphatic heterocycles. The normalized spacial score (nSPS) is 13.3. The lowest BCUT2D eigenvalue weighted by Gasteiger charge is -2.16. The number of nitrogens with zero attached hydrogens (tertiary/aromatic N) is 3. The Kier molecular flexibility index (Phi) is 6.42. The molecule has 0 spiro atoms. The predicted octanol–water partition coefficient (Wildman–Crippen LogP) is 3.24. The van der Waals surface area contributed by atoms with Crippen LogP contribution in [0, 0.1) is 5.41 Å². The molecule has 1 unspecified atom stereocenters. The van der Waals surface area contributed by atoms with Crippen molar-refractivity contribution in [1.82, 2.24) is 19.9 Å². The minimum atomic E-state index is -4.88. The van der Waals surface area contributed by atoms with Crippen LogP contribution >= 0.6 is 11.6 Å². The zero-order valence-corrected chi connectivity index (χ0v) is 16.9. The molecule has 0 bridgehead atoms. The Bertz CT molecular complexity index is 1210. The molecule has 162 valence electrons. The Morgan fingerprint density at radius 2 is 2.03 bits per heavy atom. The van der Waals surface area contributed by atoms with Gasteiger partial charge in [-0.3, -0.25) is 9.36 Å². The molecular weight excluding hydrogens is 435 g/mol. The average molecular weight is 452 g/mol. The van der Waals surface area contributed by atoms with Gasteiger partial charge >= 0.3 is 6.18 Å². The number of allylic oxidation sites excluding steroid dienone is 1. The van der Waals surface area contributed by atoms with E-state index in [0.29, 0.717) is 26.4 Å². The van der Waals surface area contributed by atoms with E-state index in [4.69, 9.17) is 17.0 Å². The quantitative estimate of drug-likeness (QED) is 0.499. The summed E-state index contributed by atoms with van der Waals surface area (Å²) < 4.78 is 39.0. The number of benzene rings is 1. The third kappa shape index (κ3) is 4.75. The monoisotopic (exact) mass is 451 g/mol. The van der Waals surface area contributed by atoms with Crippen LogP contribution in [0.3, 0.4) is 0 Å². The van der Waals surface area contributed by atoms with Crippen LogP contribution in [0.2, 0.25) is 5.02 Å². The number of aliphatic hydroxyl groups is 1. The molecule has 7 nitrogen and oxygen atoms in total. The summed E-state index contributed by atoms with van der Waals surface area (Å²) in [4.78, 5) is 21.6. The van der Waals surface area contributed by atoms with Gasteiger partial charge in [-0.1, -0.05) is 23.7 Å². The Hall–Kier alpha value is -3.24. The van der Waals surface area contributed by atoms with Gasteiger partial charge in [0, 0.05) is 35.6 Å². The number of aliphatic hydroxyl groups excluding tert-OH is 1. The maximum atomic E-state index is 13.0. The first-order valence-electron chi connectivity index (χ1n) is 8.95. The molecular formula is C20H17ClF3N5O2. The van der Waals surface area contributed by atoms with Gasteiger partial charge in [-0.15, -0.1) is 0 Å². The molecule has 0 saturated carbocycles. The highest BCUT2D eigenvalue weighted by molar-refractivity contribution is 6.30. The van der Waals surface area contributed by atoms with Crippen LogP contribution in [0.4, 0.5) is 13.2 Å². The van der Waals surface area contributed by atoms with Gasteiger partial charge in [-0.05, 0) is 18.2 Å². The van der Waals surface area contributed by atoms with Gasteiger partial charge in [0.1, 0.15) is 11.2 Å². The fraction of sp³-hybridized carbons (Fsp3) is 0.200. The van der Waals surface area contributed by atoms with Gasteiger partial charge in [-0.2, -0.15) is 13.2 Å². The number of alkyl halides is 3. The first-order chi connectivity index (χ1) is 14.7. The molecule has 0 saturated heterocycles. The number of rotatable bonds is 6. The van der Waals surface area contributed by atoms with Crippen molar-refractivity contribution in [2.45, 2.75) is 18.8 Å². The van der Waals surface area contributed by atoms with Gasteiger partial charge in [-0.25, -0.2) is 9.97 Å². The summed E-state index contributed by atoms with van der Waals surface area (Å²) in [6, 6.07) is 8.02. The Balaban J connectivity index is 2.28. The molecule has 1 atom stereocenters. The van der Waals surface area contributed by atoms with Crippen molar-refractivity contribution < 1.29 is 18.3 Å². The summed E-state index contributed by atoms with van der Waals surface area (Å²) in [5.41, 5.74) is 0.796. The van der Waals surface area contributed by atoms with E-state index in [2.05, 4.69) is 15.3 Å². The number of aromatic nitrogens is 3. The number of hydrogen-bond acceptors (Lipinski definition) is 6. The van der Waals surface area contributed by atoms with Crippen molar-refractivity contribution in [3.63, 3.8) is 0 Å². The van der Waals surface area contributed by atoms with Crippen molar-refractivity contribution in [3.05, 3.63) is 63.9 Å². The Morgan fingerprint density at radius 3 is 2.61 bits per heavy atom. The van der Waals surface area contributed by atoms with Crippen LogP contribution < -0.4 is 10.9 Å². The number of halogens is 4.